The van der Waals surface area contributed by atoms with E-state index in [1.165, 1.54) is 30.3 Å². The molecule has 2 fully saturated rings. The van der Waals surface area contributed by atoms with E-state index in [1.807, 2.05) is 0 Å². The minimum Gasteiger partial charge on any atom is -0.508 e. The van der Waals surface area contributed by atoms with Crippen LogP contribution in [0.15, 0.2) is 63.8 Å². The van der Waals surface area contributed by atoms with Gasteiger partial charge in [0.25, 0.3) is 0 Å². The van der Waals surface area contributed by atoms with Crippen molar-refractivity contribution >= 4 is 45.9 Å². The van der Waals surface area contributed by atoms with Gasteiger partial charge in [0.15, 0.2) is 23.1 Å². The van der Waals surface area contributed by atoms with Crippen LogP contribution in [0.25, 0.3) is 33.4 Å². The van der Waals surface area contributed by atoms with Gasteiger partial charge in [0.2, 0.25) is 0 Å². The normalized spacial score (nSPS) is 27.3. The first kappa shape index (κ1) is 42.8. The van der Waals surface area contributed by atoms with Crippen molar-refractivity contribution in [3.63, 3.8) is 0 Å². The number of anilines is 1. The molecule has 0 amide bonds. The molecule has 3 heterocycles. The van der Waals surface area contributed by atoms with Gasteiger partial charge in [0, 0.05) is 47.3 Å². The molecule has 0 saturated carbocycles. The molecule has 0 bridgehead atoms. The molecule has 0 spiro atoms. The fraction of sp³-hybridized carbons (Fsp3) is 0.421. The Labute approximate surface area is 333 Å². The summed E-state index contributed by atoms with van der Waals surface area (Å²) in [6.07, 6.45) is -16.1. The predicted molar refractivity (Wildman–Crippen MR) is 204 cm³/mol. The number of carbonyl (C=O) groups excluding carboxylic acids is 1. The van der Waals surface area contributed by atoms with E-state index in [1.54, 1.807) is 24.3 Å². The molecule has 20 heteroatoms. The SMILES string of the molecule is O=C(CCCCNC(=S)Nc1ccc(-c2c3ccc(=O)cc-3oc3cc(O)ccc23)c(C(=O)O)c1)OCC1O[C@H](O[C@H]2OC(CO)[C@@H](O)C(O)C2O)C(O)C(O)[C@@H]1O. The minimum atomic E-state index is -1.86. The molecule has 6 unspecified atom stereocenters. The number of unbranched alkanes of at least 4 members (excludes halogenated alkanes) is 1. The molecule has 0 aromatic heterocycles. The van der Waals surface area contributed by atoms with Crippen molar-refractivity contribution < 1.29 is 78.9 Å². The van der Waals surface area contributed by atoms with E-state index in [4.69, 9.17) is 35.6 Å². The van der Waals surface area contributed by atoms with E-state index in [9.17, 15) is 60.3 Å². The van der Waals surface area contributed by atoms with Crippen LogP contribution in [0.5, 0.6) is 5.75 Å². The summed E-state index contributed by atoms with van der Waals surface area (Å²) in [6, 6.07) is 13.2. The number of rotatable bonds is 13. The highest BCUT2D eigenvalue weighted by molar-refractivity contribution is 7.80. The second-order valence-electron chi connectivity index (χ2n) is 13.8. The Hall–Kier alpha value is -4.84. The zero-order valence-electron chi connectivity index (χ0n) is 30.4. The molecule has 11 N–H and O–H groups in total. The number of hydrogen-bond donors (Lipinski definition) is 11. The van der Waals surface area contributed by atoms with Gasteiger partial charge in [-0.15, -0.1) is 0 Å². The molecule has 1 aliphatic carbocycles. The molecule has 2 saturated heterocycles. The van der Waals surface area contributed by atoms with Crippen molar-refractivity contribution in [2.45, 2.75) is 80.7 Å². The number of aromatic carboxylic acids is 1. The molecule has 58 heavy (non-hydrogen) atoms. The number of thiocarbonyl (C=S) groups is 1. The van der Waals surface area contributed by atoms with E-state index in [0.717, 1.165) is 0 Å². The average Bonchev–Trinajstić information content (AvgIpc) is 3.19. The highest BCUT2D eigenvalue weighted by atomic mass is 32.1. The van der Waals surface area contributed by atoms with E-state index >= 15 is 0 Å². The number of fused-ring (bicyclic) bond motifs is 2. The maximum atomic E-state index is 12.5. The first-order chi connectivity index (χ1) is 27.7. The summed E-state index contributed by atoms with van der Waals surface area (Å²) in [6.45, 7) is -0.985. The van der Waals surface area contributed by atoms with Gasteiger partial charge in [-0.2, -0.15) is 0 Å². The lowest BCUT2D eigenvalue weighted by atomic mass is 9.90. The van der Waals surface area contributed by atoms with Crippen molar-refractivity contribution in [1.29, 1.82) is 0 Å². The number of aromatic hydroxyl groups is 1. The molecular formula is C38H42N2O17S. The summed E-state index contributed by atoms with van der Waals surface area (Å²) in [4.78, 5) is 37.1. The van der Waals surface area contributed by atoms with Crippen molar-refractivity contribution in [1.82, 2.24) is 5.32 Å². The zero-order valence-corrected chi connectivity index (χ0v) is 31.2. The third-order valence-electron chi connectivity index (χ3n) is 9.74. The smallest absolute Gasteiger partial charge is 0.336 e. The van der Waals surface area contributed by atoms with Crippen LogP contribution in [0.3, 0.4) is 0 Å². The topological polar surface area (TPSA) is 307 Å². The second-order valence-corrected chi connectivity index (χ2v) is 14.2. The third-order valence-corrected chi connectivity index (χ3v) is 9.99. The summed E-state index contributed by atoms with van der Waals surface area (Å²) >= 11 is 5.39. The number of benzene rings is 3. The van der Waals surface area contributed by atoms with Crippen molar-refractivity contribution in [3.8, 4) is 28.2 Å². The number of carbonyl (C=O) groups is 2. The Morgan fingerprint density at radius 1 is 0.793 bits per heavy atom. The van der Waals surface area contributed by atoms with Gasteiger partial charge >= 0.3 is 11.9 Å². The van der Waals surface area contributed by atoms with Crippen LogP contribution in [0.4, 0.5) is 5.69 Å². The monoisotopic (exact) mass is 830 g/mol. The Morgan fingerprint density at radius 2 is 1.47 bits per heavy atom. The minimum absolute atomic E-state index is 0.0596. The number of phenols is 1. The standard InChI is InChI=1S/C38H42N2O17S/c41-14-25-29(45)31(47)33(49)36(55-25)57-37-34(50)32(48)30(46)26(56-37)15-53-27(44)3-1-2-10-39-38(58)40-16-4-7-19(22(11-16)35(51)52)28-20-8-5-17(42)12-23(20)54-24-13-18(43)6-9-21(24)28/h4-9,11-13,25-26,29-34,36-37,41-42,45-50H,1-3,10,14-15H2,(H,51,52)(H2,39,40,58)/t25?,26?,29-,30-,31?,32?,33?,34?,36-,37-/m1/s1. The van der Waals surface area contributed by atoms with Gasteiger partial charge in [-0.25, -0.2) is 4.79 Å². The lowest BCUT2D eigenvalue weighted by molar-refractivity contribution is -0.376. The van der Waals surface area contributed by atoms with Gasteiger partial charge in [0.1, 0.15) is 72.5 Å². The first-order valence-corrected chi connectivity index (χ1v) is 18.5. The van der Waals surface area contributed by atoms with Gasteiger partial charge in [0.05, 0.1) is 12.2 Å². The second kappa shape index (κ2) is 18.4. The molecule has 2 aromatic rings. The molecular weight excluding hydrogens is 788 g/mol. The van der Waals surface area contributed by atoms with Crippen LogP contribution in [0, 0.1) is 0 Å². The van der Waals surface area contributed by atoms with E-state index in [2.05, 4.69) is 10.6 Å². The highest BCUT2D eigenvalue weighted by Crippen LogP contribution is 2.42. The van der Waals surface area contributed by atoms with Crippen LogP contribution in [-0.2, 0) is 23.7 Å². The average molecular weight is 831 g/mol. The Kier molecular flexibility index (Phi) is 13.6. The number of aliphatic hydroxyl groups excluding tert-OH is 7. The van der Waals surface area contributed by atoms with E-state index in [-0.39, 0.29) is 39.6 Å². The maximum Gasteiger partial charge on any atom is 0.336 e. The molecule has 3 aliphatic heterocycles. The number of phenolic OH excluding ortho intramolecular Hbond substituents is 1. The number of carboxylic acid groups (broad SMARTS) is 1. The molecule has 0 radical (unpaired) electrons. The number of ether oxygens (including phenoxy) is 4. The molecule has 19 nitrogen and oxygen atoms in total. The molecule has 6 rings (SSSR count). The zero-order chi connectivity index (χ0) is 41.8. The summed E-state index contributed by atoms with van der Waals surface area (Å²) in [5, 5.41) is 97.6. The summed E-state index contributed by atoms with van der Waals surface area (Å²) in [5.41, 5.74) is 1.54. The largest absolute Gasteiger partial charge is 0.508 e. The van der Waals surface area contributed by atoms with Crippen LogP contribution < -0.4 is 16.1 Å². The fourth-order valence-electron chi connectivity index (χ4n) is 6.66. The number of esters is 1. The summed E-state index contributed by atoms with van der Waals surface area (Å²) < 4.78 is 27.2. The molecule has 2 aromatic carbocycles. The highest BCUT2D eigenvalue weighted by Gasteiger charge is 2.50. The lowest BCUT2D eigenvalue weighted by Crippen LogP contribution is -2.63. The molecule has 10 atom stereocenters. The lowest BCUT2D eigenvalue weighted by Gasteiger charge is -2.44. The van der Waals surface area contributed by atoms with E-state index in [0.29, 0.717) is 47.2 Å². The Bertz CT molecular complexity index is 2150. The van der Waals surface area contributed by atoms with Crippen LogP contribution in [0.2, 0.25) is 0 Å². The predicted octanol–water partition coefficient (Wildman–Crippen LogP) is -0.407. The number of aliphatic hydroxyl groups is 7. The summed E-state index contributed by atoms with van der Waals surface area (Å²) in [5.74, 6) is -1.77. The van der Waals surface area contributed by atoms with Gasteiger partial charge in [-0.3, -0.25) is 9.59 Å². The summed E-state index contributed by atoms with van der Waals surface area (Å²) in [7, 11) is 0. The van der Waals surface area contributed by atoms with Gasteiger partial charge < -0.3 is 80.0 Å². The van der Waals surface area contributed by atoms with E-state index < -0.39 is 86.6 Å². The van der Waals surface area contributed by atoms with Gasteiger partial charge in [-0.05, 0) is 67.0 Å². The number of hydrogen-bond acceptors (Lipinski definition) is 17. The molecule has 4 aliphatic rings. The first-order valence-electron chi connectivity index (χ1n) is 18.1. The fourth-order valence-corrected chi connectivity index (χ4v) is 6.88. The number of carboxylic acids is 1. The Balaban J connectivity index is 0.986. The third kappa shape index (κ3) is 9.38. The number of nitrogens with one attached hydrogen (secondary N) is 2. The van der Waals surface area contributed by atoms with Crippen molar-refractivity contribution in [2.75, 3.05) is 25.1 Å². The maximum absolute atomic E-state index is 12.5. The van der Waals surface area contributed by atoms with Gasteiger partial charge in [-0.1, -0.05) is 6.07 Å². The van der Waals surface area contributed by atoms with Crippen LogP contribution in [-0.4, -0.2) is 144 Å². The van der Waals surface area contributed by atoms with Crippen molar-refractivity contribution in [3.05, 3.63) is 70.4 Å². The quantitative estimate of drug-likeness (QED) is 0.0353. The van der Waals surface area contributed by atoms with Crippen molar-refractivity contribution in [2.24, 2.45) is 0 Å². The Morgan fingerprint density at radius 3 is 2.16 bits per heavy atom. The van der Waals surface area contributed by atoms with Crippen LogP contribution in [0.1, 0.15) is 29.6 Å². The van der Waals surface area contributed by atoms with Crippen LogP contribution >= 0.6 is 12.2 Å². The molecule has 312 valence electrons.